The fourth-order valence-corrected chi connectivity index (χ4v) is 2.15. The molecule has 2 aromatic heterocycles. The Labute approximate surface area is 107 Å². The number of rotatable bonds is 4. The van der Waals surface area contributed by atoms with Crippen LogP contribution in [-0.2, 0) is 13.0 Å². The van der Waals surface area contributed by atoms with E-state index in [2.05, 4.69) is 20.3 Å². The van der Waals surface area contributed by atoms with E-state index in [9.17, 15) is 9.59 Å². The summed E-state index contributed by atoms with van der Waals surface area (Å²) < 4.78 is 0. The minimum atomic E-state index is -0.398. The highest BCUT2D eigenvalue weighted by molar-refractivity contribution is 7.09. The summed E-state index contributed by atoms with van der Waals surface area (Å²) in [5.41, 5.74) is 0.763. The monoisotopic (exact) mass is 264 g/mol. The van der Waals surface area contributed by atoms with E-state index in [4.69, 9.17) is 0 Å². The van der Waals surface area contributed by atoms with Crippen molar-refractivity contribution in [3.05, 3.63) is 44.5 Å². The summed E-state index contributed by atoms with van der Waals surface area (Å²) in [7, 11) is 0. The van der Waals surface area contributed by atoms with Crippen molar-refractivity contribution in [3.63, 3.8) is 0 Å². The normalized spacial score (nSPS) is 10.3. The molecule has 0 aromatic carbocycles. The molecule has 0 saturated carbocycles. The molecule has 2 heterocycles. The molecular formula is C11H12N4O2S. The summed E-state index contributed by atoms with van der Waals surface area (Å²) in [6, 6.07) is 0. The summed E-state index contributed by atoms with van der Waals surface area (Å²) in [4.78, 5) is 33.1. The molecule has 2 N–H and O–H groups in total. The predicted molar refractivity (Wildman–Crippen MR) is 67.5 cm³/mol. The van der Waals surface area contributed by atoms with Gasteiger partial charge < -0.3 is 10.3 Å². The van der Waals surface area contributed by atoms with Gasteiger partial charge >= 0.3 is 0 Å². The molecule has 0 aliphatic carbocycles. The predicted octanol–water partition coefficient (Wildman–Crippen LogP) is 0.719. The first-order valence-electron chi connectivity index (χ1n) is 5.45. The van der Waals surface area contributed by atoms with Crippen LogP contribution in [-0.4, -0.2) is 20.9 Å². The quantitative estimate of drug-likeness (QED) is 0.851. The minimum absolute atomic E-state index is 0.148. The lowest BCUT2D eigenvalue weighted by Crippen LogP contribution is -2.26. The van der Waals surface area contributed by atoms with Gasteiger partial charge in [-0.15, -0.1) is 11.3 Å². The van der Waals surface area contributed by atoms with Gasteiger partial charge in [-0.05, 0) is 6.42 Å². The lowest BCUT2D eigenvalue weighted by Gasteiger charge is -2.01. The van der Waals surface area contributed by atoms with Gasteiger partial charge in [0.25, 0.3) is 11.5 Å². The number of hydrogen-bond donors (Lipinski definition) is 2. The van der Waals surface area contributed by atoms with Gasteiger partial charge in [0.2, 0.25) is 0 Å². The molecule has 18 heavy (non-hydrogen) atoms. The Morgan fingerprint density at radius 3 is 3.00 bits per heavy atom. The number of thiazole rings is 1. The van der Waals surface area contributed by atoms with Gasteiger partial charge in [-0.1, -0.05) is 6.92 Å². The van der Waals surface area contributed by atoms with Gasteiger partial charge in [-0.25, -0.2) is 4.98 Å². The van der Waals surface area contributed by atoms with Crippen molar-refractivity contribution >= 4 is 17.2 Å². The second-order valence-electron chi connectivity index (χ2n) is 3.58. The van der Waals surface area contributed by atoms with Crippen LogP contribution in [0.25, 0.3) is 0 Å². The molecule has 0 aliphatic heterocycles. The number of nitrogens with zero attached hydrogens (tertiary/aromatic N) is 2. The van der Waals surface area contributed by atoms with Crippen LogP contribution in [0.15, 0.2) is 22.6 Å². The Bertz CT molecular complexity index is 605. The number of amides is 1. The molecule has 2 rings (SSSR count). The van der Waals surface area contributed by atoms with Gasteiger partial charge in [0.05, 0.1) is 24.6 Å². The average Bonchev–Trinajstić information content (AvgIpc) is 2.84. The Balaban J connectivity index is 1.98. The number of H-pyrrole nitrogens is 1. The van der Waals surface area contributed by atoms with Crippen molar-refractivity contribution in [2.24, 2.45) is 0 Å². The molecule has 0 unspecified atom stereocenters. The van der Waals surface area contributed by atoms with E-state index in [0.29, 0.717) is 6.54 Å². The maximum Gasteiger partial charge on any atom is 0.269 e. The third-order valence-electron chi connectivity index (χ3n) is 2.26. The van der Waals surface area contributed by atoms with Crippen LogP contribution in [0.4, 0.5) is 0 Å². The van der Waals surface area contributed by atoms with Crippen molar-refractivity contribution in [1.82, 2.24) is 20.3 Å². The largest absolute Gasteiger partial charge is 0.344 e. The Hall–Kier alpha value is -2.02. The van der Waals surface area contributed by atoms with Crippen LogP contribution in [0.1, 0.15) is 28.1 Å². The SMILES string of the molecule is CCc1csc(CNC(=O)c2cncc(=O)[nH]2)n1. The van der Waals surface area contributed by atoms with Gasteiger partial charge in [-0.2, -0.15) is 0 Å². The van der Waals surface area contributed by atoms with Crippen LogP contribution in [0.2, 0.25) is 0 Å². The lowest BCUT2D eigenvalue weighted by molar-refractivity contribution is 0.0945. The number of aryl methyl sites for hydroxylation is 1. The topological polar surface area (TPSA) is 87.7 Å². The van der Waals surface area contributed by atoms with E-state index in [1.807, 2.05) is 12.3 Å². The highest BCUT2D eigenvalue weighted by atomic mass is 32.1. The molecule has 0 saturated heterocycles. The van der Waals surface area contributed by atoms with Gasteiger partial charge in [0.15, 0.2) is 0 Å². The van der Waals surface area contributed by atoms with Crippen molar-refractivity contribution in [1.29, 1.82) is 0 Å². The molecule has 1 amide bonds. The number of carbonyl (C=O) groups is 1. The fourth-order valence-electron chi connectivity index (χ4n) is 1.34. The van der Waals surface area contributed by atoms with Crippen LogP contribution >= 0.6 is 11.3 Å². The van der Waals surface area contributed by atoms with Gasteiger partial charge in [0, 0.05) is 5.38 Å². The lowest BCUT2D eigenvalue weighted by atomic mass is 10.4. The summed E-state index contributed by atoms with van der Waals surface area (Å²) in [6.07, 6.45) is 3.31. The van der Waals surface area contributed by atoms with Crippen molar-refractivity contribution < 1.29 is 4.79 Å². The molecule has 0 aliphatic rings. The first-order valence-corrected chi connectivity index (χ1v) is 6.33. The van der Waals surface area contributed by atoms with E-state index in [1.165, 1.54) is 17.5 Å². The molecule has 0 bridgehead atoms. The van der Waals surface area contributed by atoms with Crippen LogP contribution in [0.5, 0.6) is 0 Å². The third-order valence-corrected chi connectivity index (χ3v) is 3.16. The zero-order valence-electron chi connectivity index (χ0n) is 9.77. The van der Waals surface area contributed by atoms with E-state index in [1.54, 1.807) is 0 Å². The first-order chi connectivity index (χ1) is 8.69. The summed E-state index contributed by atoms with van der Waals surface area (Å²) in [5, 5.41) is 5.48. The van der Waals surface area contributed by atoms with E-state index in [-0.39, 0.29) is 11.6 Å². The Morgan fingerprint density at radius 1 is 1.50 bits per heavy atom. The van der Waals surface area contributed by atoms with Crippen LogP contribution in [0, 0.1) is 0 Å². The van der Waals surface area contributed by atoms with Gasteiger partial charge in [-0.3, -0.25) is 14.6 Å². The van der Waals surface area contributed by atoms with E-state index < -0.39 is 5.56 Å². The van der Waals surface area contributed by atoms with E-state index in [0.717, 1.165) is 23.3 Å². The van der Waals surface area contributed by atoms with Crippen molar-refractivity contribution in [2.75, 3.05) is 0 Å². The molecule has 0 fully saturated rings. The molecule has 6 nitrogen and oxygen atoms in total. The van der Waals surface area contributed by atoms with Crippen LogP contribution in [0.3, 0.4) is 0 Å². The van der Waals surface area contributed by atoms with Crippen LogP contribution < -0.4 is 10.9 Å². The summed E-state index contributed by atoms with van der Waals surface area (Å²) in [6.45, 7) is 2.37. The highest BCUT2D eigenvalue weighted by Crippen LogP contribution is 2.09. The molecule has 0 atom stereocenters. The zero-order chi connectivity index (χ0) is 13.0. The first kappa shape index (κ1) is 12.4. The molecule has 2 aromatic rings. The minimum Gasteiger partial charge on any atom is -0.344 e. The second kappa shape index (κ2) is 5.54. The molecule has 7 heteroatoms. The smallest absolute Gasteiger partial charge is 0.269 e. The Kier molecular flexibility index (Phi) is 3.83. The molecular weight excluding hydrogens is 252 g/mol. The highest BCUT2D eigenvalue weighted by Gasteiger charge is 2.07. The molecule has 0 spiro atoms. The number of hydrogen-bond acceptors (Lipinski definition) is 5. The fraction of sp³-hybridized carbons (Fsp3) is 0.273. The summed E-state index contributed by atoms with van der Waals surface area (Å²) >= 11 is 1.50. The second-order valence-corrected chi connectivity index (χ2v) is 4.52. The number of aromatic amines is 1. The maximum absolute atomic E-state index is 11.7. The number of aromatic nitrogens is 3. The van der Waals surface area contributed by atoms with E-state index >= 15 is 0 Å². The third kappa shape index (κ3) is 3.01. The van der Waals surface area contributed by atoms with Gasteiger partial charge in [0.1, 0.15) is 10.7 Å². The standard InChI is InChI=1S/C11H12N4O2S/c1-2-7-6-18-10(14-7)5-13-11(17)8-3-12-4-9(16)15-8/h3-4,6H,2,5H2,1H3,(H,13,17)(H,15,16). The molecule has 94 valence electrons. The van der Waals surface area contributed by atoms with Crippen molar-refractivity contribution in [2.45, 2.75) is 19.9 Å². The number of carbonyl (C=O) groups excluding carboxylic acids is 1. The van der Waals surface area contributed by atoms with Crippen molar-refractivity contribution in [3.8, 4) is 0 Å². The average molecular weight is 264 g/mol. The Morgan fingerprint density at radius 2 is 2.33 bits per heavy atom. The zero-order valence-corrected chi connectivity index (χ0v) is 10.6. The molecule has 0 radical (unpaired) electrons. The summed E-state index contributed by atoms with van der Waals surface area (Å²) in [5.74, 6) is -0.367. The number of nitrogens with one attached hydrogen (secondary N) is 2. The maximum atomic E-state index is 11.7.